The van der Waals surface area contributed by atoms with Gasteiger partial charge in [-0.2, -0.15) is 0 Å². The van der Waals surface area contributed by atoms with Crippen LogP contribution in [0.2, 0.25) is 0 Å². The van der Waals surface area contributed by atoms with Crippen molar-refractivity contribution in [2.24, 2.45) is 0 Å². The number of benzene rings is 4. The van der Waals surface area contributed by atoms with Crippen molar-refractivity contribution in [1.29, 1.82) is 0 Å². The van der Waals surface area contributed by atoms with E-state index in [1.165, 1.54) is 42.1 Å². The van der Waals surface area contributed by atoms with Crippen molar-refractivity contribution in [1.82, 2.24) is 29.4 Å². The minimum absolute atomic E-state index is 0.0571. The molecule has 0 spiro atoms. The number of imidazole rings is 1. The first-order valence-corrected chi connectivity index (χ1v) is 27.6. The van der Waals surface area contributed by atoms with Crippen molar-refractivity contribution in [2.45, 2.75) is 56.6 Å². The lowest BCUT2D eigenvalue weighted by molar-refractivity contribution is -0.271. The number of alkyl halides is 1. The van der Waals surface area contributed by atoms with Gasteiger partial charge in [0.15, 0.2) is 11.9 Å². The third-order valence-corrected chi connectivity index (χ3v) is 15.1. The predicted molar refractivity (Wildman–Crippen MR) is 308 cm³/mol. The molecule has 0 radical (unpaired) electrons. The van der Waals surface area contributed by atoms with Gasteiger partial charge in [0.1, 0.15) is 53.3 Å². The van der Waals surface area contributed by atoms with E-state index in [2.05, 4.69) is 20.9 Å². The zero-order chi connectivity index (χ0) is 62.0. The minimum Gasteiger partial charge on any atom is -0.479 e. The van der Waals surface area contributed by atoms with Gasteiger partial charge in [-0.05, 0) is 65.4 Å². The maximum Gasteiger partial charge on any atom is 0.415 e. The van der Waals surface area contributed by atoms with Gasteiger partial charge in [-0.1, -0.05) is 42.5 Å². The van der Waals surface area contributed by atoms with Gasteiger partial charge < -0.3 is 78.8 Å². The zero-order valence-electron chi connectivity index (χ0n) is 46.6. The second kappa shape index (κ2) is 25.3. The Bertz CT molecular complexity index is 3910. The van der Waals surface area contributed by atoms with Crippen molar-refractivity contribution in [3.8, 4) is 11.5 Å². The maximum absolute atomic E-state index is 14.5. The van der Waals surface area contributed by atoms with Crippen LogP contribution in [0.3, 0.4) is 0 Å². The topological polar surface area (TPSA) is 351 Å². The van der Waals surface area contributed by atoms with Crippen LogP contribution in [0.4, 0.5) is 26.7 Å². The molecule has 452 valence electrons. The van der Waals surface area contributed by atoms with E-state index >= 15 is 0 Å². The number of imide groups is 1. The maximum atomic E-state index is 14.5. The van der Waals surface area contributed by atoms with Crippen molar-refractivity contribution in [3.05, 3.63) is 138 Å². The van der Waals surface area contributed by atoms with E-state index in [0.717, 1.165) is 39.0 Å². The molecule has 28 heteroatoms. The average molecular weight is 1210 g/mol. The van der Waals surface area contributed by atoms with Crippen molar-refractivity contribution < 1.29 is 86.9 Å². The molecule has 8 amide bonds. The number of ether oxygens (including phenoxy) is 4. The number of nitrogens with one attached hydrogen (secondary N) is 3. The summed E-state index contributed by atoms with van der Waals surface area (Å²) in [5.74, 6) is -5.46. The predicted octanol–water partition coefficient (Wildman–Crippen LogP) is 4.12. The van der Waals surface area contributed by atoms with Gasteiger partial charge in [-0.15, -0.1) is 11.6 Å². The Morgan fingerprint density at radius 2 is 1.56 bits per heavy atom. The number of hydrogen-bond acceptors (Lipinski definition) is 18. The van der Waals surface area contributed by atoms with E-state index in [4.69, 9.17) is 35.0 Å². The van der Waals surface area contributed by atoms with Gasteiger partial charge in [0, 0.05) is 99.9 Å². The summed E-state index contributed by atoms with van der Waals surface area (Å²) in [4.78, 5) is 126. The lowest BCUT2D eigenvalue weighted by atomic mass is 9.92. The van der Waals surface area contributed by atoms with Crippen LogP contribution in [-0.2, 0) is 40.1 Å². The van der Waals surface area contributed by atoms with E-state index in [1.54, 1.807) is 58.1 Å². The fourth-order valence-electron chi connectivity index (χ4n) is 10.1. The van der Waals surface area contributed by atoms with Crippen molar-refractivity contribution in [3.63, 3.8) is 0 Å². The number of carboxylic acid groups (broad SMARTS) is 1. The molecule has 7 aromatic rings. The molecule has 3 aliphatic rings. The monoisotopic (exact) mass is 1210 g/mol. The summed E-state index contributed by atoms with van der Waals surface area (Å²) in [6.45, 7) is 0.663. The number of furan rings is 1. The number of likely N-dealkylation sites (N-methyl/N-ethyl adjacent to an activating group) is 2. The summed E-state index contributed by atoms with van der Waals surface area (Å²) in [7, 11) is 2.88. The van der Waals surface area contributed by atoms with Gasteiger partial charge in [-0.3, -0.25) is 33.7 Å². The Hall–Kier alpha value is -9.93. The van der Waals surface area contributed by atoms with Crippen LogP contribution in [0, 0.1) is 6.92 Å². The van der Waals surface area contributed by atoms with E-state index in [-0.39, 0.29) is 78.6 Å². The summed E-state index contributed by atoms with van der Waals surface area (Å²) in [6, 6.07) is 23.3. The second-order valence-corrected chi connectivity index (χ2v) is 21.0. The molecule has 4 aromatic carbocycles. The molecule has 3 aliphatic heterocycles. The number of nitrogens with zero attached hydrogens (tertiary/aromatic N) is 6. The summed E-state index contributed by atoms with van der Waals surface area (Å²) in [5.41, 5.74) is 3.69. The van der Waals surface area contributed by atoms with Gasteiger partial charge >= 0.3 is 18.2 Å². The molecule has 10 rings (SSSR count). The molecule has 1 fully saturated rings. The van der Waals surface area contributed by atoms with E-state index in [9.17, 15) is 63.6 Å². The number of aliphatic carboxylic acids is 1. The van der Waals surface area contributed by atoms with Crippen molar-refractivity contribution in [2.75, 3.05) is 68.2 Å². The van der Waals surface area contributed by atoms with E-state index in [0.29, 0.717) is 28.0 Å². The number of rotatable bonds is 19. The molecule has 6 atom stereocenters. The first kappa shape index (κ1) is 60.2. The highest BCUT2D eigenvalue weighted by Gasteiger charge is 2.48. The SMILES string of the molecule is Cc1cccc2c(OC(=O)N(C)CCN(C)C(=O)OCc3ccc(O[C@@H]4O[C@H](C(=O)O)[C@@H](O)[C@H](O)[C@H]4O)c(NC(=O)CNC(=O)CCN4C(=O)C=CC4=O)c3)cc3c(c12)[C@H](CCl)CN3C(=O)c1cn2cc(NC(=O)c3cc4ccccc4o3)ccc2n1. The van der Waals surface area contributed by atoms with Crippen LogP contribution in [0.15, 0.2) is 114 Å². The molecule has 87 heavy (non-hydrogen) atoms. The number of pyridine rings is 1. The molecule has 1 saturated heterocycles. The van der Waals surface area contributed by atoms with Gasteiger partial charge in [0.25, 0.3) is 23.6 Å². The lowest BCUT2D eigenvalue weighted by Gasteiger charge is -2.38. The summed E-state index contributed by atoms with van der Waals surface area (Å²) in [5, 5.41) is 50.6. The van der Waals surface area contributed by atoms with Crippen LogP contribution < -0.4 is 30.3 Å². The molecule has 0 saturated carbocycles. The molecule has 27 nitrogen and oxygen atoms in total. The first-order chi connectivity index (χ1) is 41.6. The Balaban J connectivity index is 0.781. The first-order valence-electron chi connectivity index (χ1n) is 27.0. The molecule has 3 aromatic heterocycles. The van der Waals surface area contributed by atoms with Crippen LogP contribution >= 0.6 is 11.6 Å². The lowest BCUT2D eigenvalue weighted by Crippen LogP contribution is -2.61. The highest BCUT2D eigenvalue weighted by molar-refractivity contribution is 6.19. The number of amides is 8. The van der Waals surface area contributed by atoms with Crippen LogP contribution in [0.5, 0.6) is 11.5 Å². The zero-order valence-corrected chi connectivity index (χ0v) is 47.3. The number of anilines is 3. The number of halogens is 1. The van der Waals surface area contributed by atoms with Crippen LogP contribution in [0.25, 0.3) is 27.4 Å². The molecule has 0 bridgehead atoms. The molecule has 6 heterocycles. The largest absolute Gasteiger partial charge is 0.479 e. The number of para-hydroxylation sites is 1. The number of aliphatic hydroxyl groups excluding tert-OH is 3. The molecule has 7 N–H and O–H groups in total. The quantitative estimate of drug-likeness (QED) is 0.0442. The van der Waals surface area contributed by atoms with E-state index in [1.807, 2.05) is 37.3 Å². The summed E-state index contributed by atoms with van der Waals surface area (Å²) in [6.07, 6.45) is -6.64. The number of fused-ring (bicyclic) bond motifs is 5. The fraction of sp³-hybridized carbons (Fsp3) is 0.288. The Morgan fingerprint density at radius 3 is 2.30 bits per heavy atom. The Labute approximate surface area is 498 Å². The Kier molecular flexibility index (Phi) is 17.5. The molecular weight excluding hydrogens is 1160 g/mol. The van der Waals surface area contributed by atoms with Gasteiger partial charge in [0.2, 0.25) is 18.1 Å². The third-order valence-electron chi connectivity index (χ3n) is 14.7. The number of aromatic nitrogens is 2. The fourth-order valence-corrected chi connectivity index (χ4v) is 10.3. The number of aryl methyl sites for hydroxylation is 1. The van der Waals surface area contributed by atoms with Crippen LogP contribution in [0.1, 0.15) is 50.1 Å². The average Bonchev–Trinajstić information content (AvgIpc) is 1.72. The number of carbonyl (C=O) groups is 9. The van der Waals surface area contributed by atoms with Crippen molar-refractivity contribution >= 4 is 110 Å². The molecular formula is C59H56ClN9O18. The third kappa shape index (κ3) is 12.9. The number of aliphatic hydroxyl groups is 3. The second-order valence-electron chi connectivity index (χ2n) is 20.7. The number of hydrogen-bond donors (Lipinski definition) is 7. The highest BCUT2D eigenvalue weighted by Crippen LogP contribution is 2.47. The smallest absolute Gasteiger partial charge is 0.415 e. The van der Waals surface area contributed by atoms with Gasteiger partial charge in [-0.25, -0.2) is 19.4 Å². The number of carbonyl (C=O) groups excluding carboxylic acids is 8. The van der Waals surface area contributed by atoms with Gasteiger partial charge in [0.05, 0.1) is 23.6 Å². The summed E-state index contributed by atoms with van der Waals surface area (Å²) >= 11 is 6.61. The normalized spacial score (nSPS) is 18.8. The number of carboxylic acids is 1. The van der Waals surface area contributed by atoms with E-state index < -0.39 is 97.5 Å². The highest BCUT2D eigenvalue weighted by atomic mass is 35.5. The molecule has 0 aliphatic carbocycles. The minimum atomic E-state index is -2.03. The molecule has 0 unspecified atom stereocenters. The Morgan fingerprint density at radius 1 is 0.816 bits per heavy atom. The standard InChI is InChI=1S/C59H56ClN9O18/c1-30-7-6-9-35-41(23-38-49(48(30)35)33(24-60)26-69(38)55(78)37-28-67-27-34(12-14-43(67)63-37)62-54(77)42-22-32-8-4-5-10-39(32)84-42)86-59(82)66(3)20-19-65(2)58(81)83-29-31-11-13-40(85-57-52(76)50(74)51(75)53(87-57)56(79)80)36(21-31)64-45(71)25-61-44(70)17-18-68-46(72)15-16-47(68)73/h4-16,21-23,27-28,33,50-53,57,74-76H,17-20,24-26,29H2,1-3H3,(H,61,70)(H,62,77)(H,64,71)(H,79,80)/t33-,50+,51+,52-,53+,57-/m1/s1. The van der Waals surface area contributed by atoms with Crippen LogP contribution in [-0.4, -0.2) is 182 Å². The summed E-state index contributed by atoms with van der Waals surface area (Å²) < 4.78 is 29.9.